The van der Waals surface area contributed by atoms with Gasteiger partial charge in [-0.05, 0) is 25.8 Å². The lowest BCUT2D eigenvalue weighted by Crippen LogP contribution is -2.27. The minimum Gasteiger partial charge on any atom is -0.354 e. The Bertz CT molecular complexity index is 615. The van der Waals surface area contributed by atoms with Crippen LogP contribution in [0.1, 0.15) is 24.7 Å². The van der Waals surface area contributed by atoms with Gasteiger partial charge in [0, 0.05) is 42.8 Å². The van der Waals surface area contributed by atoms with E-state index in [2.05, 4.69) is 43.1 Å². The van der Waals surface area contributed by atoms with Gasteiger partial charge < -0.3 is 10.2 Å². The lowest BCUT2D eigenvalue weighted by Gasteiger charge is -2.18. The quantitative estimate of drug-likeness (QED) is 0.924. The molecule has 110 valence electrons. The highest BCUT2D eigenvalue weighted by Gasteiger charge is 2.24. The number of rotatable bonds is 4. The van der Waals surface area contributed by atoms with Gasteiger partial charge in [0.2, 0.25) is 5.95 Å². The van der Waals surface area contributed by atoms with E-state index < -0.39 is 0 Å². The van der Waals surface area contributed by atoms with E-state index in [1.165, 1.54) is 0 Å². The van der Waals surface area contributed by atoms with Gasteiger partial charge in [-0.3, -0.25) is 0 Å². The molecule has 0 saturated carbocycles. The fraction of sp³-hybridized carbons (Fsp3) is 0.467. The van der Waals surface area contributed by atoms with Crippen LogP contribution in [0.5, 0.6) is 0 Å². The van der Waals surface area contributed by atoms with Crippen LogP contribution in [0, 0.1) is 6.92 Å². The fourth-order valence-electron chi connectivity index (χ4n) is 2.54. The summed E-state index contributed by atoms with van der Waals surface area (Å²) in [6.07, 6.45) is 5.43. The van der Waals surface area contributed by atoms with Crippen molar-refractivity contribution >= 4 is 11.8 Å². The maximum Gasteiger partial charge on any atom is 0.223 e. The molecule has 1 saturated heterocycles. The maximum absolute atomic E-state index is 4.40. The molecule has 0 spiro atoms. The first kappa shape index (κ1) is 13.7. The fourth-order valence-corrected chi connectivity index (χ4v) is 2.54. The minimum atomic E-state index is 0.354. The van der Waals surface area contributed by atoms with Crippen molar-refractivity contribution in [3.05, 3.63) is 36.0 Å². The van der Waals surface area contributed by atoms with Crippen molar-refractivity contribution in [3.8, 4) is 0 Å². The Labute approximate surface area is 124 Å². The molecule has 21 heavy (non-hydrogen) atoms. The Kier molecular flexibility index (Phi) is 3.94. The highest BCUT2D eigenvalue weighted by Crippen LogP contribution is 2.20. The molecule has 3 rings (SSSR count). The third kappa shape index (κ3) is 3.26. The molecule has 0 aromatic carbocycles. The molecule has 1 N–H and O–H groups in total. The molecule has 0 amide bonds. The molecule has 2 aromatic heterocycles. The Morgan fingerprint density at radius 2 is 2.24 bits per heavy atom. The van der Waals surface area contributed by atoms with Crippen LogP contribution >= 0.6 is 0 Å². The van der Waals surface area contributed by atoms with E-state index in [0.717, 1.165) is 43.1 Å². The molecule has 3 heterocycles. The van der Waals surface area contributed by atoms with Crippen LogP contribution in [0.15, 0.2) is 24.7 Å². The van der Waals surface area contributed by atoms with E-state index in [9.17, 15) is 0 Å². The summed E-state index contributed by atoms with van der Waals surface area (Å²) in [7, 11) is 0. The Morgan fingerprint density at radius 1 is 1.33 bits per heavy atom. The van der Waals surface area contributed by atoms with E-state index >= 15 is 0 Å². The molecule has 2 aromatic rings. The average Bonchev–Trinajstić information content (AvgIpc) is 2.96. The normalized spacial score (nSPS) is 18.0. The number of aromatic nitrogens is 4. The number of nitrogens with zero attached hydrogens (tertiary/aromatic N) is 5. The molecule has 6 nitrogen and oxygen atoms in total. The van der Waals surface area contributed by atoms with E-state index in [4.69, 9.17) is 0 Å². The summed E-state index contributed by atoms with van der Waals surface area (Å²) in [6.45, 7) is 5.98. The van der Waals surface area contributed by atoms with Crippen molar-refractivity contribution in [2.45, 2.75) is 32.7 Å². The predicted molar refractivity (Wildman–Crippen MR) is 82.4 cm³/mol. The SMILES string of the molecule is CCc1cc(N2CCC(Nc3nccc(C)n3)C2)ncn1. The molecular formula is C15H20N6. The lowest BCUT2D eigenvalue weighted by molar-refractivity contribution is 0.789. The zero-order chi connectivity index (χ0) is 14.7. The summed E-state index contributed by atoms with van der Waals surface area (Å²) in [6, 6.07) is 4.33. The Morgan fingerprint density at radius 3 is 3.05 bits per heavy atom. The second-order valence-electron chi connectivity index (χ2n) is 5.32. The second-order valence-corrected chi connectivity index (χ2v) is 5.32. The maximum atomic E-state index is 4.40. The lowest BCUT2D eigenvalue weighted by atomic mass is 10.3. The minimum absolute atomic E-state index is 0.354. The molecule has 1 aliphatic heterocycles. The smallest absolute Gasteiger partial charge is 0.223 e. The molecule has 0 aliphatic carbocycles. The number of aryl methyl sites for hydroxylation is 2. The third-order valence-corrected chi connectivity index (χ3v) is 3.71. The second kappa shape index (κ2) is 6.03. The molecular weight excluding hydrogens is 264 g/mol. The van der Waals surface area contributed by atoms with Crippen molar-refractivity contribution in [2.24, 2.45) is 0 Å². The predicted octanol–water partition coefficient (Wildman–Crippen LogP) is 1.83. The zero-order valence-corrected chi connectivity index (χ0v) is 12.5. The first-order chi connectivity index (χ1) is 10.2. The molecule has 1 unspecified atom stereocenters. The summed E-state index contributed by atoms with van der Waals surface area (Å²) in [5, 5.41) is 3.40. The van der Waals surface area contributed by atoms with E-state index in [1.807, 2.05) is 13.0 Å². The van der Waals surface area contributed by atoms with E-state index in [0.29, 0.717) is 12.0 Å². The highest BCUT2D eigenvalue weighted by atomic mass is 15.3. The van der Waals surface area contributed by atoms with Gasteiger partial charge in [-0.2, -0.15) is 0 Å². The van der Waals surface area contributed by atoms with Crippen LogP contribution in [0.4, 0.5) is 11.8 Å². The largest absolute Gasteiger partial charge is 0.354 e. The summed E-state index contributed by atoms with van der Waals surface area (Å²) >= 11 is 0. The first-order valence-corrected chi connectivity index (χ1v) is 7.36. The van der Waals surface area contributed by atoms with E-state index in [1.54, 1.807) is 12.5 Å². The van der Waals surface area contributed by atoms with Crippen LogP contribution in [-0.4, -0.2) is 39.1 Å². The van der Waals surface area contributed by atoms with Gasteiger partial charge in [-0.1, -0.05) is 6.92 Å². The summed E-state index contributed by atoms with van der Waals surface area (Å²) in [5.74, 6) is 1.72. The number of hydrogen-bond acceptors (Lipinski definition) is 6. The van der Waals surface area contributed by atoms with Crippen molar-refractivity contribution in [1.29, 1.82) is 0 Å². The van der Waals surface area contributed by atoms with Gasteiger partial charge in [-0.25, -0.2) is 19.9 Å². The van der Waals surface area contributed by atoms with E-state index in [-0.39, 0.29) is 0 Å². The van der Waals surface area contributed by atoms with Gasteiger partial charge >= 0.3 is 0 Å². The molecule has 0 bridgehead atoms. The van der Waals surface area contributed by atoms with Gasteiger partial charge in [0.1, 0.15) is 12.1 Å². The van der Waals surface area contributed by atoms with Crippen molar-refractivity contribution < 1.29 is 0 Å². The van der Waals surface area contributed by atoms with Crippen molar-refractivity contribution in [1.82, 2.24) is 19.9 Å². The summed E-state index contributed by atoms with van der Waals surface area (Å²) in [5.41, 5.74) is 2.06. The third-order valence-electron chi connectivity index (χ3n) is 3.71. The van der Waals surface area contributed by atoms with Crippen LogP contribution in [0.3, 0.4) is 0 Å². The van der Waals surface area contributed by atoms with Crippen LogP contribution < -0.4 is 10.2 Å². The molecule has 1 aliphatic rings. The number of nitrogens with one attached hydrogen (secondary N) is 1. The van der Waals surface area contributed by atoms with Gasteiger partial charge in [-0.15, -0.1) is 0 Å². The topological polar surface area (TPSA) is 66.8 Å². The van der Waals surface area contributed by atoms with Crippen molar-refractivity contribution in [2.75, 3.05) is 23.3 Å². The van der Waals surface area contributed by atoms with Crippen LogP contribution in [-0.2, 0) is 6.42 Å². The molecule has 6 heteroatoms. The average molecular weight is 284 g/mol. The number of hydrogen-bond donors (Lipinski definition) is 1. The van der Waals surface area contributed by atoms with Crippen molar-refractivity contribution in [3.63, 3.8) is 0 Å². The highest BCUT2D eigenvalue weighted by molar-refractivity contribution is 5.42. The monoisotopic (exact) mass is 284 g/mol. The van der Waals surface area contributed by atoms with Gasteiger partial charge in [0.15, 0.2) is 0 Å². The standard InChI is InChI=1S/C15H20N6/c1-3-12-8-14(18-10-17-12)21-7-5-13(9-21)20-15-16-6-4-11(2)19-15/h4,6,8,10,13H,3,5,7,9H2,1-2H3,(H,16,19,20). The van der Waals surface area contributed by atoms with Gasteiger partial charge in [0.25, 0.3) is 0 Å². The van der Waals surface area contributed by atoms with Crippen LogP contribution in [0.25, 0.3) is 0 Å². The molecule has 0 radical (unpaired) electrons. The zero-order valence-electron chi connectivity index (χ0n) is 12.5. The number of anilines is 2. The summed E-state index contributed by atoms with van der Waals surface area (Å²) in [4.78, 5) is 19.6. The Hall–Kier alpha value is -2.24. The molecule has 1 fully saturated rings. The summed E-state index contributed by atoms with van der Waals surface area (Å²) < 4.78 is 0. The van der Waals surface area contributed by atoms with Gasteiger partial charge in [0.05, 0.1) is 0 Å². The first-order valence-electron chi connectivity index (χ1n) is 7.36. The Balaban J connectivity index is 1.65. The van der Waals surface area contributed by atoms with Crippen LogP contribution in [0.2, 0.25) is 0 Å². The molecule has 1 atom stereocenters.